The number of aromatic amines is 1. The van der Waals surface area contributed by atoms with Crippen molar-refractivity contribution < 1.29 is 4.79 Å². The predicted molar refractivity (Wildman–Crippen MR) is 102 cm³/mol. The molecule has 0 aliphatic rings. The molecule has 1 amide bonds. The highest BCUT2D eigenvalue weighted by atomic mass is 32.2. The van der Waals surface area contributed by atoms with Crippen molar-refractivity contribution in [3.05, 3.63) is 26.6 Å². The van der Waals surface area contributed by atoms with E-state index in [0.717, 1.165) is 15.3 Å². The minimum Gasteiger partial charge on any atom is -0.354 e. The number of H-pyrrole nitrogens is 1. The summed E-state index contributed by atoms with van der Waals surface area (Å²) in [6.45, 7) is 8.40. The summed E-state index contributed by atoms with van der Waals surface area (Å²) in [6, 6.07) is 0.233. The second kappa shape index (κ2) is 8.13. The Labute approximate surface area is 149 Å². The summed E-state index contributed by atoms with van der Waals surface area (Å²) in [4.78, 5) is 33.6. The number of likely N-dealkylation sites (N-methyl/N-ethyl adjacent to an activating group) is 1. The Morgan fingerprint density at radius 3 is 2.75 bits per heavy atom. The molecule has 3 N–H and O–H groups in total. The molecule has 0 saturated heterocycles. The Morgan fingerprint density at radius 1 is 1.38 bits per heavy atom. The van der Waals surface area contributed by atoms with E-state index < -0.39 is 0 Å². The SMILES string of the molecule is CNC(C)CNC(=O)C(C)SCc1nc2sc(C)c(C)c2c(=O)[nH]1. The van der Waals surface area contributed by atoms with Gasteiger partial charge in [0.05, 0.1) is 16.4 Å². The van der Waals surface area contributed by atoms with Crippen molar-refractivity contribution in [2.24, 2.45) is 0 Å². The molecule has 0 radical (unpaired) electrons. The summed E-state index contributed by atoms with van der Waals surface area (Å²) >= 11 is 3.00. The molecular formula is C16H24N4O2S2. The van der Waals surface area contributed by atoms with Crippen LogP contribution in [0.1, 0.15) is 30.1 Å². The second-order valence-corrected chi connectivity index (χ2v) is 8.40. The molecule has 2 aromatic heterocycles. The number of aryl methyl sites for hydroxylation is 2. The van der Waals surface area contributed by atoms with Crippen molar-refractivity contribution in [2.75, 3.05) is 13.6 Å². The molecule has 0 aliphatic carbocycles. The summed E-state index contributed by atoms with van der Waals surface area (Å²) in [5, 5.41) is 6.46. The molecule has 6 nitrogen and oxygen atoms in total. The first-order chi connectivity index (χ1) is 11.3. The fourth-order valence-electron chi connectivity index (χ4n) is 2.15. The molecule has 0 saturated carbocycles. The van der Waals surface area contributed by atoms with Gasteiger partial charge >= 0.3 is 0 Å². The van der Waals surface area contributed by atoms with E-state index in [1.807, 2.05) is 34.7 Å². The number of nitrogens with one attached hydrogen (secondary N) is 3. The average molecular weight is 369 g/mol. The van der Waals surface area contributed by atoms with Gasteiger partial charge in [-0.15, -0.1) is 23.1 Å². The quantitative estimate of drug-likeness (QED) is 0.695. The Hall–Kier alpha value is -1.38. The van der Waals surface area contributed by atoms with E-state index in [2.05, 4.69) is 20.6 Å². The topological polar surface area (TPSA) is 86.9 Å². The smallest absolute Gasteiger partial charge is 0.259 e. The molecule has 0 spiro atoms. The molecular weight excluding hydrogens is 344 g/mol. The minimum atomic E-state index is -0.207. The number of thiophene rings is 1. The van der Waals surface area contributed by atoms with Gasteiger partial charge in [-0.25, -0.2) is 4.98 Å². The van der Waals surface area contributed by atoms with Gasteiger partial charge in [0.15, 0.2) is 0 Å². The molecule has 0 aliphatic heterocycles. The Balaban J connectivity index is 2.00. The normalized spacial score (nSPS) is 13.9. The highest BCUT2D eigenvalue weighted by Gasteiger charge is 2.16. The lowest BCUT2D eigenvalue weighted by atomic mass is 10.2. The van der Waals surface area contributed by atoms with E-state index in [-0.39, 0.29) is 22.8 Å². The zero-order chi connectivity index (χ0) is 17.9. The van der Waals surface area contributed by atoms with Crippen LogP contribution < -0.4 is 16.2 Å². The van der Waals surface area contributed by atoms with E-state index >= 15 is 0 Å². The first-order valence-electron chi connectivity index (χ1n) is 7.89. The van der Waals surface area contributed by atoms with E-state index in [0.29, 0.717) is 23.5 Å². The molecule has 2 rings (SSSR count). The van der Waals surface area contributed by atoms with Crippen molar-refractivity contribution >= 4 is 39.2 Å². The summed E-state index contributed by atoms with van der Waals surface area (Å²) in [6.07, 6.45) is 0. The van der Waals surface area contributed by atoms with Crippen LogP contribution in [-0.4, -0.2) is 40.8 Å². The van der Waals surface area contributed by atoms with Crippen molar-refractivity contribution in [2.45, 2.75) is 44.7 Å². The summed E-state index contributed by atoms with van der Waals surface area (Å²) in [7, 11) is 1.86. The Kier molecular flexibility index (Phi) is 6.42. The summed E-state index contributed by atoms with van der Waals surface area (Å²) in [5.41, 5.74) is 0.895. The lowest BCUT2D eigenvalue weighted by molar-refractivity contribution is -0.120. The highest BCUT2D eigenvalue weighted by Crippen LogP contribution is 2.26. The van der Waals surface area contributed by atoms with Crippen molar-refractivity contribution in [1.82, 2.24) is 20.6 Å². The van der Waals surface area contributed by atoms with Crippen LogP contribution in [0.4, 0.5) is 0 Å². The number of rotatable bonds is 7. The Morgan fingerprint density at radius 2 is 2.08 bits per heavy atom. The van der Waals surface area contributed by atoms with Crippen LogP contribution >= 0.6 is 23.1 Å². The van der Waals surface area contributed by atoms with Gasteiger partial charge in [-0.1, -0.05) is 0 Å². The number of carbonyl (C=O) groups excluding carboxylic acids is 1. The van der Waals surface area contributed by atoms with Crippen LogP contribution in [0, 0.1) is 13.8 Å². The monoisotopic (exact) mass is 368 g/mol. The van der Waals surface area contributed by atoms with E-state index in [1.54, 1.807) is 0 Å². The molecule has 0 fully saturated rings. The number of fused-ring (bicyclic) bond motifs is 1. The van der Waals surface area contributed by atoms with Gasteiger partial charge < -0.3 is 15.6 Å². The third-order valence-electron chi connectivity index (χ3n) is 4.00. The molecule has 2 aromatic rings. The number of amides is 1. The maximum atomic E-state index is 12.2. The van der Waals surface area contributed by atoms with Crippen molar-refractivity contribution in [3.8, 4) is 0 Å². The first-order valence-corrected chi connectivity index (χ1v) is 9.75. The van der Waals surface area contributed by atoms with Crippen molar-refractivity contribution in [3.63, 3.8) is 0 Å². The van der Waals surface area contributed by atoms with Crippen LogP contribution in [-0.2, 0) is 10.5 Å². The van der Waals surface area contributed by atoms with Gasteiger partial charge in [-0.2, -0.15) is 0 Å². The lowest BCUT2D eigenvalue weighted by Crippen LogP contribution is -2.40. The van der Waals surface area contributed by atoms with Crippen LogP contribution in [0.5, 0.6) is 0 Å². The standard InChI is InChI=1S/C16H24N4O2S2/c1-8(17-5)6-18-14(21)11(4)23-7-12-19-15(22)13-9(2)10(3)24-16(13)20-12/h8,11,17H,6-7H2,1-5H3,(H,18,21)(H,19,20,22). The second-order valence-electron chi connectivity index (χ2n) is 5.86. The molecule has 0 aromatic carbocycles. The predicted octanol–water partition coefficient (Wildman–Crippen LogP) is 1.95. The number of thioether (sulfide) groups is 1. The number of aromatic nitrogens is 2. The highest BCUT2D eigenvalue weighted by molar-refractivity contribution is 7.99. The van der Waals surface area contributed by atoms with Gasteiger partial charge in [-0.3, -0.25) is 9.59 Å². The van der Waals surface area contributed by atoms with Gasteiger partial charge in [0.1, 0.15) is 10.7 Å². The molecule has 132 valence electrons. The average Bonchev–Trinajstić information content (AvgIpc) is 2.84. The number of carbonyl (C=O) groups is 1. The molecule has 2 atom stereocenters. The zero-order valence-electron chi connectivity index (χ0n) is 14.6. The fourth-order valence-corrected chi connectivity index (χ4v) is 3.97. The van der Waals surface area contributed by atoms with Crippen LogP contribution in [0.3, 0.4) is 0 Å². The van der Waals surface area contributed by atoms with Crippen molar-refractivity contribution in [1.29, 1.82) is 0 Å². The van der Waals surface area contributed by atoms with Gasteiger partial charge in [0.25, 0.3) is 5.56 Å². The number of nitrogens with zero attached hydrogens (tertiary/aromatic N) is 1. The molecule has 2 unspecified atom stereocenters. The molecule has 2 heterocycles. The third-order valence-corrected chi connectivity index (χ3v) is 6.26. The lowest BCUT2D eigenvalue weighted by Gasteiger charge is -2.15. The third kappa shape index (κ3) is 4.37. The fraction of sp³-hybridized carbons (Fsp3) is 0.562. The van der Waals surface area contributed by atoms with Crippen LogP contribution in [0.2, 0.25) is 0 Å². The Bertz CT molecular complexity index is 784. The number of hydrogen-bond acceptors (Lipinski definition) is 6. The van der Waals surface area contributed by atoms with Gasteiger partial charge in [0.2, 0.25) is 5.91 Å². The number of hydrogen-bond donors (Lipinski definition) is 3. The van der Waals surface area contributed by atoms with E-state index in [4.69, 9.17) is 0 Å². The zero-order valence-corrected chi connectivity index (χ0v) is 16.3. The largest absolute Gasteiger partial charge is 0.354 e. The van der Waals surface area contributed by atoms with E-state index in [1.165, 1.54) is 23.1 Å². The molecule has 24 heavy (non-hydrogen) atoms. The minimum absolute atomic E-state index is 0.00617. The first kappa shape index (κ1) is 19.0. The molecule has 8 heteroatoms. The summed E-state index contributed by atoms with van der Waals surface area (Å²) in [5.74, 6) is 1.10. The van der Waals surface area contributed by atoms with Gasteiger partial charge in [-0.05, 0) is 40.3 Å². The maximum Gasteiger partial charge on any atom is 0.259 e. The van der Waals surface area contributed by atoms with E-state index in [9.17, 15) is 9.59 Å². The summed E-state index contributed by atoms with van der Waals surface area (Å²) < 4.78 is 0. The van der Waals surface area contributed by atoms with Gasteiger partial charge in [0, 0.05) is 17.5 Å². The molecule has 0 bridgehead atoms. The van der Waals surface area contributed by atoms with Crippen LogP contribution in [0.15, 0.2) is 4.79 Å². The van der Waals surface area contributed by atoms with Crippen LogP contribution in [0.25, 0.3) is 10.2 Å². The maximum absolute atomic E-state index is 12.2.